The van der Waals surface area contributed by atoms with Gasteiger partial charge in [0, 0.05) is 180 Å². The molecule has 1 N–H and O–H groups in total. The first-order valence-electron chi connectivity index (χ1n) is 49.8. The second-order valence-corrected chi connectivity index (χ2v) is 41.3. The molecule has 724 valence electrons. The molecule has 11 heterocycles. The fourth-order valence-corrected chi connectivity index (χ4v) is 25.6. The number of ketones is 5. The molecule has 0 radical (unpaired) electrons. The first kappa shape index (κ1) is 97.1. The van der Waals surface area contributed by atoms with Gasteiger partial charge in [-0.15, -0.1) is 0 Å². The number of hydrogen-bond acceptors (Lipinski definition) is 22. The van der Waals surface area contributed by atoms with Crippen molar-refractivity contribution in [2.45, 2.75) is 193 Å². The summed E-state index contributed by atoms with van der Waals surface area (Å²) in [4.78, 5) is 151. The molecule has 146 heavy (non-hydrogen) atoms. The Balaban J connectivity index is 0.000000111. The number of nitrogens with zero attached hydrogens (tertiary/aromatic N) is 20. The van der Waals surface area contributed by atoms with E-state index in [-0.39, 0.29) is 111 Å². The predicted octanol–water partition coefficient (Wildman–Crippen LogP) is 21.6. The highest BCUT2D eigenvalue weighted by Crippen LogP contribution is 2.65. The largest absolute Gasteiger partial charge is 0.424 e. The van der Waals surface area contributed by atoms with Crippen molar-refractivity contribution < 1.29 is 28.7 Å². The van der Waals surface area contributed by atoms with E-state index in [1.165, 1.54) is 0 Å². The Morgan fingerprint density at radius 3 is 1.17 bits per heavy atom. The van der Waals surface area contributed by atoms with Gasteiger partial charge in [0.2, 0.25) is 28.7 Å². The minimum atomic E-state index is -1.35. The second kappa shape index (κ2) is 38.0. The summed E-state index contributed by atoms with van der Waals surface area (Å²) in [5.41, 5.74) is 19.8. The molecule has 0 unspecified atom stereocenters. The predicted molar refractivity (Wildman–Crippen MR) is 553 cm³/mol. The number of pyridine rings is 5. The lowest BCUT2D eigenvalue weighted by Gasteiger charge is -2.46. The van der Waals surface area contributed by atoms with Crippen molar-refractivity contribution in [2.24, 2.45) is 59.2 Å². The van der Waals surface area contributed by atoms with E-state index >= 15 is 0 Å². The quantitative estimate of drug-likeness (QED) is 0.109. The van der Waals surface area contributed by atoms with Gasteiger partial charge < -0.3 is 24.5 Å². The summed E-state index contributed by atoms with van der Waals surface area (Å²) >= 11 is 0. The number of nitrogens with one attached hydrogen (secondary N) is 1. The summed E-state index contributed by atoms with van der Waals surface area (Å²) in [6, 6.07) is 45.5. The topological polar surface area (TPSA) is 325 Å². The lowest BCUT2D eigenvalue weighted by molar-refractivity contribution is -0.130. The molecule has 1 aliphatic heterocycles. The van der Waals surface area contributed by atoms with Crippen LogP contribution in [0.1, 0.15) is 175 Å². The number of carbonyl (C=O) groups is 5. The Kier molecular flexibility index (Phi) is 25.3. The number of ether oxygens (including phenoxy) is 1. The average Bonchev–Trinajstić information content (AvgIpc) is 1.50. The van der Waals surface area contributed by atoms with Gasteiger partial charge in [-0.25, -0.2) is 75.8 Å². The van der Waals surface area contributed by atoms with Crippen LogP contribution < -0.4 is 5.32 Å². The molecule has 1 saturated heterocycles. The minimum absolute atomic E-state index is 0.0378. The highest BCUT2D eigenvalue weighted by Gasteiger charge is 2.84. The van der Waals surface area contributed by atoms with Gasteiger partial charge in [-0.1, -0.05) is 172 Å². The molecule has 11 aliphatic rings. The maximum absolute atomic E-state index is 13.0. The molecular formula is C119H107N21O6. The van der Waals surface area contributed by atoms with Crippen molar-refractivity contribution in [3.05, 3.63) is 373 Å². The van der Waals surface area contributed by atoms with Crippen molar-refractivity contribution >= 4 is 51.5 Å². The van der Waals surface area contributed by atoms with Crippen molar-refractivity contribution in [2.75, 3.05) is 5.32 Å². The zero-order valence-electron chi connectivity index (χ0n) is 83.6. The van der Waals surface area contributed by atoms with Crippen molar-refractivity contribution in [3.8, 4) is 68.1 Å². The van der Waals surface area contributed by atoms with Gasteiger partial charge in [-0.05, 0) is 192 Å². The molecule has 24 rings (SSSR count). The van der Waals surface area contributed by atoms with E-state index in [1.807, 2.05) is 195 Å². The molecule has 2 fully saturated rings. The number of para-hydroxylation sites is 1. The number of hydrogen-bond donors (Lipinski definition) is 1. The van der Waals surface area contributed by atoms with Crippen LogP contribution in [0.5, 0.6) is 0 Å². The number of rotatable bonds is 8. The number of allylic oxidation sites excluding steroid dienone is 8. The molecule has 1 saturated carbocycles. The molecule has 0 bridgehead atoms. The minimum Gasteiger partial charge on any atom is -0.324 e. The van der Waals surface area contributed by atoms with Crippen LogP contribution in [-0.2, 0) is 87.9 Å². The lowest BCUT2D eigenvalue weighted by atomic mass is 9.55. The Bertz CT molecular complexity index is 7920. The van der Waals surface area contributed by atoms with E-state index in [0.29, 0.717) is 29.2 Å². The molecule has 27 nitrogen and oxygen atoms in total. The van der Waals surface area contributed by atoms with Gasteiger partial charge in [0.25, 0.3) is 5.78 Å². The van der Waals surface area contributed by atoms with Crippen LogP contribution in [0.15, 0.2) is 242 Å². The number of benzene rings is 3. The van der Waals surface area contributed by atoms with Crippen LogP contribution >= 0.6 is 0 Å². The highest BCUT2D eigenvalue weighted by molar-refractivity contribution is 6.03. The van der Waals surface area contributed by atoms with Gasteiger partial charge in [0.05, 0.1) is 77.1 Å². The van der Waals surface area contributed by atoms with Gasteiger partial charge in [-0.3, -0.25) is 39.3 Å². The van der Waals surface area contributed by atoms with Crippen LogP contribution in [0.25, 0.3) is 103 Å². The third-order valence-electron chi connectivity index (χ3n) is 33.3. The number of aromatic nitrogens is 15. The van der Waals surface area contributed by atoms with E-state index in [2.05, 4.69) is 118 Å². The summed E-state index contributed by atoms with van der Waals surface area (Å²) in [5, 5.41) is 4.26. The zero-order chi connectivity index (χ0) is 102. The number of anilines is 2. The normalized spacial score (nSPS) is 27.2. The van der Waals surface area contributed by atoms with E-state index in [0.717, 1.165) is 199 Å². The van der Waals surface area contributed by atoms with Crippen molar-refractivity contribution in [1.29, 1.82) is 0 Å². The summed E-state index contributed by atoms with van der Waals surface area (Å²) < 4.78 is 5.94. The summed E-state index contributed by atoms with van der Waals surface area (Å²) in [5.74, 6) is 2.54. The molecule has 3 aromatic carbocycles. The van der Waals surface area contributed by atoms with Crippen molar-refractivity contribution in [1.82, 2.24) is 74.8 Å². The third-order valence-corrected chi connectivity index (χ3v) is 33.3. The second-order valence-electron chi connectivity index (χ2n) is 41.3. The molecular weight excluding hydrogens is 1820 g/mol. The maximum atomic E-state index is 13.0. The molecule has 13 aromatic rings. The smallest absolute Gasteiger partial charge is 0.324 e. The van der Waals surface area contributed by atoms with Gasteiger partial charge in [-0.2, -0.15) is 0 Å². The van der Waals surface area contributed by atoms with E-state index in [9.17, 15) is 24.0 Å². The van der Waals surface area contributed by atoms with Gasteiger partial charge in [0.15, 0.2) is 52.5 Å². The summed E-state index contributed by atoms with van der Waals surface area (Å²) in [6.45, 7) is 64.0. The number of Topliss-reactive ketones (excluding diaryl/α,β-unsaturated/α-hetero) is 5. The lowest BCUT2D eigenvalue weighted by Crippen LogP contribution is -2.55. The molecule has 0 amide bonds. The van der Waals surface area contributed by atoms with Gasteiger partial charge in [0.1, 0.15) is 0 Å². The van der Waals surface area contributed by atoms with Crippen LogP contribution in [0.2, 0.25) is 0 Å². The van der Waals surface area contributed by atoms with Crippen LogP contribution in [0, 0.1) is 113 Å². The third kappa shape index (κ3) is 16.4. The Hall–Kier alpha value is -16.4. The van der Waals surface area contributed by atoms with E-state index in [1.54, 1.807) is 55.8 Å². The number of aryl methyl sites for hydroxylation is 3. The van der Waals surface area contributed by atoms with Crippen molar-refractivity contribution in [3.63, 3.8) is 0 Å². The molecule has 17 atom stereocenters. The summed E-state index contributed by atoms with van der Waals surface area (Å²) in [7, 11) is 0. The zero-order valence-corrected chi connectivity index (χ0v) is 83.6. The molecule has 10 aliphatic carbocycles. The standard InChI is InChI=1S/C26H22N4O2.C26H22N4O.C25H22N4O.C21H21N5O.C21H20N4O/c1-15-19-10-9-18-20(16-7-5-4-6-8-16)29-23(17-11-13-28-14-12-17)30-21(18)25(19,2)24-26(27-3,32-24)22(15)31;1-16-20-10-9-19-22(17-7-5-4-6-8-17)29-25(18-11-13-28-14-12-18)30-24(19)26(20,2)15-21(27-3)23(16)31;1-14-19-10-9-16-15(2)28-24(18-11-12-27-20-8-6-5-7-17(18)20)29-23(16)25(19,3)13-21(26-4)22(14)30;1-12-16-6-5-15-13(2)24-20(25-14-7-9-23-10-8-14)26-19(15)21(16,3)11-17(22-4)18(12)27;1-12-16-8-7-15-13(2)24-20(14-6-5-9-23-11-14)25-19(15)21(16,3)10-17(22-4)18(12)26/h4-8,11-15,19,24H,9-10H2,1-2H3;4-8,11-16,20H,9-10H2,1-2H3;5-8,11-14,19H,9-10H2,1-3H3;7-12,16H,5-6H2,1-3H3,(H,23,24,25,26);5-6,9-12,16H,7-8H2,1-3H3/t15-,19-,24+,25-,26-;16-,20-,26-;14-,19-,25-;2*12-,16-,21-/m11111/s1. The van der Waals surface area contributed by atoms with E-state index in [4.69, 9.17) is 82.5 Å². The van der Waals surface area contributed by atoms with Crippen LogP contribution in [0.3, 0.4) is 0 Å². The fraction of sp³-hybridized carbons (Fsp3) is 0.336. The van der Waals surface area contributed by atoms with Crippen LogP contribution in [-0.4, -0.2) is 116 Å². The Morgan fingerprint density at radius 1 is 0.349 bits per heavy atom. The number of carbonyl (C=O) groups excluding carboxylic acids is 5. The molecule has 10 aromatic heterocycles. The molecule has 27 heteroatoms. The maximum Gasteiger partial charge on any atom is 0.424 e. The Labute approximate surface area is 848 Å². The highest BCUT2D eigenvalue weighted by atomic mass is 16.6. The van der Waals surface area contributed by atoms with Gasteiger partial charge >= 0.3 is 5.72 Å². The summed E-state index contributed by atoms with van der Waals surface area (Å²) in [6.07, 6.45) is 31.2. The molecule has 0 spiro atoms. The van der Waals surface area contributed by atoms with E-state index < -0.39 is 38.9 Å². The number of fused-ring (bicyclic) bond motifs is 18. The average molecular weight is 1930 g/mol. The van der Waals surface area contributed by atoms with Crippen LogP contribution in [0.4, 0.5) is 11.6 Å². The fourth-order valence-electron chi connectivity index (χ4n) is 25.6. The monoisotopic (exact) mass is 1930 g/mol. The first-order valence-corrected chi connectivity index (χ1v) is 49.8. The SMILES string of the molecule is [C-]#[N+]C1=C[C@@]2(C)c3nc(-c4cccnc4)nc(C)c3CC[C@@H]2[C@@H](C)C1=O.[C-]#[N+]C1=C[C@@]2(C)c3nc(-c4ccnc5ccccc45)nc(C)c3CC[C@@H]2[C@@H](C)C1=O.[C-]#[N+]C1=C[C@@]2(C)c3nc(-c4ccncc4)nc(-c4ccccc4)c3CC[C@@H]2[C@@H](C)C1=O.[C-]#[N+]C1=C[C@@]2(C)c3nc(Nc4ccncc4)nc(C)c3CC[C@@H]2[C@@H](C)C1=O.[C-]#[N+][C@]12O[C@H]1[C@@]1(C)c3nc(-c4ccncc4)nc(-c4ccccc4)c3CC[C@@H]1[C@@H](C)C2=O. The number of epoxide rings is 1. The Morgan fingerprint density at radius 2 is 0.726 bits per heavy atom. The first-order chi connectivity index (χ1) is 70.4.